The molecule has 2 rings (SSSR count). The lowest BCUT2D eigenvalue weighted by atomic mass is 9.75. The van der Waals surface area contributed by atoms with Gasteiger partial charge in [0.05, 0.1) is 5.60 Å². The van der Waals surface area contributed by atoms with Crippen LogP contribution in [0.1, 0.15) is 30.9 Å². The van der Waals surface area contributed by atoms with Gasteiger partial charge >= 0.3 is 0 Å². The number of hydrogen-bond donors (Lipinski definition) is 3. The van der Waals surface area contributed by atoms with Crippen molar-refractivity contribution in [2.45, 2.75) is 32.3 Å². The van der Waals surface area contributed by atoms with Crippen molar-refractivity contribution in [3.63, 3.8) is 0 Å². The fourth-order valence-electron chi connectivity index (χ4n) is 2.69. The summed E-state index contributed by atoms with van der Waals surface area (Å²) < 4.78 is 0. The number of aliphatic hydroxyl groups is 1. The zero-order valence-corrected chi connectivity index (χ0v) is 10.5. The van der Waals surface area contributed by atoms with Crippen LogP contribution in [-0.2, 0) is 5.60 Å². The van der Waals surface area contributed by atoms with Gasteiger partial charge in [-0.15, -0.1) is 0 Å². The Morgan fingerprint density at radius 1 is 1.65 bits per heavy atom. The molecule has 0 bridgehead atoms. The van der Waals surface area contributed by atoms with Crippen LogP contribution < -0.4 is 11.1 Å². The Balaban J connectivity index is 2.44. The average Bonchev–Trinajstić information content (AvgIpc) is 2.33. The number of nitrogens with one attached hydrogen (secondary N) is 1. The Morgan fingerprint density at radius 2 is 2.41 bits per heavy atom. The molecule has 4 nitrogen and oxygen atoms in total. The number of piperidine rings is 1. The summed E-state index contributed by atoms with van der Waals surface area (Å²) in [5, 5.41) is 14.3. The minimum atomic E-state index is -0.830. The molecule has 2 atom stereocenters. The number of anilines is 1. The van der Waals surface area contributed by atoms with Crippen LogP contribution in [0.2, 0.25) is 0 Å². The molecule has 0 radical (unpaired) electrons. The van der Waals surface area contributed by atoms with E-state index in [1.165, 1.54) is 0 Å². The van der Waals surface area contributed by atoms with Crippen LogP contribution in [0.15, 0.2) is 12.3 Å². The van der Waals surface area contributed by atoms with Crippen molar-refractivity contribution in [3.8, 4) is 0 Å². The minimum absolute atomic E-state index is 0.196. The van der Waals surface area contributed by atoms with Gasteiger partial charge in [0.2, 0.25) is 0 Å². The van der Waals surface area contributed by atoms with Crippen molar-refractivity contribution >= 4 is 5.82 Å². The summed E-state index contributed by atoms with van der Waals surface area (Å²) in [5.74, 6) is 0.653. The van der Waals surface area contributed by atoms with Gasteiger partial charge in [0.1, 0.15) is 5.82 Å². The summed E-state index contributed by atoms with van der Waals surface area (Å²) >= 11 is 0. The number of nitrogens with zero attached hydrogens (tertiary/aromatic N) is 1. The first kappa shape index (κ1) is 12.3. The molecule has 0 aliphatic carbocycles. The highest BCUT2D eigenvalue weighted by molar-refractivity contribution is 5.45. The smallest absolute Gasteiger partial charge is 0.129 e. The predicted molar refractivity (Wildman–Crippen MR) is 68.6 cm³/mol. The largest absolute Gasteiger partial charge is 0.385 e. The quantitative estimate of drug-likeness (QED) is 0.720. The van der Waals surface area contributed by atoms with Crippen molar-refractivity contribution in [3.05, 3.63) is 23.4 Å². The highest BCUT2D eigenvalue weighted by atomic mass is 16.3. The van der Waals surface area contributed by atoms with Crippen LogP contribution in [-0.4, -0.2) is 23.2 Å². The van der Waals surface area contributed by atoms with Crippen molar-refractivity contribution in [1.82, 2.24) is 10.3 Å². The molecular formula is C13H21N3O. The summed E-state index contributed by atoms with van der Waals surface area (Å²) in [4.78, 5) is 4.17. The van der Waals surface area contributed by atoms with E-state index in [1.807, 2.05) is 13.0 Å². The summed E-state index contributed by atoms with van der Waals surface area (Å²) in [6.07, 6.45) is 3.36. The topological polar surface area (TPSA) is 71.2 Å². The standard InChI is InChI=1S/C13H21N3O/c1-3-10-8-15-5-4-13(10,17)11-6-9(2)7-16-12(11)14/h6-7,10,15,17H,3-5,8H2,1-2H3,(H2,14,16). The lowest BCUT2D eigenvalue weighted by Gasteiger charge is -2.40. The maximum atomic E-state index is 10.9. The first-order valence-electron chi connectivity index (χ1n) is 6.23. The van der Waals surface area contributed by atoms with Gasteiger partial charge < -0.3 is 16.2 Å². The first-order chi connectivity index (χ1) is 8.08. The van der Waals surface area contributed by atoms with Crippen molar-refractivity contribution in [2.24, 2.45) is 5.92 Å². The van der Waals surface area contributed by atoms with Crippen molar-refractivity contribution in [2.75, 3.05) is 18.8 Å². The molecule has 2 heterocycles. The zero-order valence-electron chi connectivity index (χ0n) is 10.5. The van der Waals surface area contributed by atoms with Crippen LogP contribution in [0.3, 0.4) is 0 Å². The molecule has 0 amide bonds. The Morgan fingerprint density at radius 3 is 3.12 bits per heavy atom. The van der Waals surface area contributed by atoms with Gasteiger partial charge in [-0.1, -0.05) is 6.92 Å². The van der Waals surface area contributed by atoms with E-state index in [4.69, 9.17) is 5.73 Å². The summed E-state index contributed by atoms with van der Waals surface area (Å²) in [7, 11) is 0. The molecule has 17 heavy (non-hydrogen) atoms. The maximum absolute atomic E-state index is 10.9. The monoisotopic (exact) mass is 235 g/mol. The van der Waals surface area contributed by atoms with Crippen LogP contribution in [0.5, 0.6) is 0 Å². The van der Waals surface area contributed by atoms with Gasteiger partial charge in [-0.25, -0.2) is 4.98 Å². The van der Waals surface area contributed by atoms with Crippen LogP contribution in [0.4, 0.5) is 5.82 Å². The third kappa shape index (κ3) is 2.15. The molecule has 0 saturated carbocycles. The molecule has 1 aliphatic heterocycles. The highest BCUT2D eigenvalue weighted by Crippen LogP contribution is 2.39. The Kier molecular flexibility index (Phi) is 3.35. The van der Waals surface area contributed by atoms with Crippen molar-refractivity contribution in [1.29, 1.82) is 0 Å². The Bertz CT molecular complexity index is 408. The van der Waals surface area contributed by atoms with Crippen LogP contribution >= 0.6 is 0 Å². The average molecular weight is 235 g/mol. The normalized spacial score (nSPS) is 29.2. The SMILES string of the molecule is CCC1CNCCC1(O)c1cc(C)cnc1N. The van der Waals surface area contributed by atoms with E-state index in [9.17, 15) is 5.11 Å². The fourth-order valence-corrected chi connectivity index (χ4v) is 2.69. The molecule has 1 saturated heterocycles. The third-order valence-corrected chi connectivity index (χ3v) is 3.76. The molecule has 1 aromatic rings. The minimum Gasteiger partial charge on any atom is -0.385 e. The van der Waals surface area contributed by atoms with E-state index in [2.05, 4.69) is 17.2 Å². The van der Waals surface area contributed by atoms with E-state index < -0.39 is 5.60 Å². The number of pyridine rings is 1. The van der Waals surface area contributed by atoms with Gasteiger partial charge in [-0.3, -0.25) is 0 Å². The molecule has 4 heteroatoms. The maximum Gasteiger partial charge on any atom is 0.129 e. The molecule has 94 valence electrons. The Hall–Kier alpha value is -1.13. The van der Waals surface area contributed by atoms with Gasteiger partial charge in [0.15, 0.2) is 0 Å². The number of aromatic nitrogens is 1. The lowest BCUT2D eigenvalue weighted by Crippen LogP contribution is -2.48. The van der Waals surface area contributed by atoms with Gasteiger partial charge in [-0.05, 0) is 37.9 Å². The van der Waals surface area contributed by atoms with Crippen LogP contribution in [0.25, 0.3) is 0 Å². The van der Waals surface area contributed by atoms with Crippen LogP contribution in [0, 0.1) is 12.8 Å². The molecular weight excluding hydrogens is 214 g/mol. The molecule has 0 aromatic carbocycles. The van der Waals surface area contributed by atoms with E-state index in [0.29, 0.717) is 12.2 Å². The van der Waals surface area contributed by atoms with E-state index in [0.717, 1.165) is 30.6 Å². The van der Waals surface area contributed by atoms with E-state index in [-0.39, 0.29) is 5.92 Å². The summed E-state index contributed by atoms with van der Waals surface area (Å²) in [5.41, 5.74) is 6.94. The van der Waals surface area contributed by atoms with Gasteiger partial charge in [0.25, 0.3) is 0 Å². The van der Waals surface area contributed by atoms with Gasteiger partial charge in [-0.2, -0.15) is 0 Å². The zero-order chi connectivity index (χ0) is 12.5. The summed E-state index contributed by atoms with van der Waals surface area (Å²) in [6.45, 7) is 5.73. The second-order valence-electron chi connectivity index (χ2n) is 4.93. The fraction of sp³-hybridized carbons (Fsp3) is 0.615. The van der Waals surface area contributed by atoms with Crippen molar-refractivity contribution < 1.29 is 5.11 Å². The number of nitrogens with two attached hydrogens (primary N) is 1. The van der Waals surface area contributed by atoms with Gasteiger partial charge in [0, 0.05) is 24.2 Å². The Labute approximate surface area is 102 Å². The number of aryl methyl sites for hydroxylation is 1. The number of rotatable bonds is 2. The molecule has 1 aromatic heterocycles. The predicted octanol–water partition coefficient (Wildman–Crippen LogP) is 1.18. The second kappa shape index (κ2) is 4.63. The first-order valence-corrected chi connectivity index (χ1v) is 6.23. The molecule has 1 fully saturated rings. The highest BCUT2D eigenvalue weighted by Gasteiger charge is 2.41. The summed E-state index contributed by atoms with van der Waals surface area (Å²) in [6, 6.07) is 1.97. The number of nitrogen functional groups attached to an aromatic ring is 1. The third-order valence-electron chi connectivity index (χ3n) is 3.76. The molecule has 1 aliphatic rings. The molecule has 4 N–H and O–H groups in total. The van der Waals surface area contributed by atoms with E-state index >= 15 is 0 Å². The lowest BCUT2D eigenvalue weighted by molar-refractivity contribution is -0.0474. The molecule has 2 unspecified atom stereocenters. The number of hydrogen-bond acceptors (Lipinski definition) is 4. The second-order valence-corrected chi connectivity index (χ2v) is 4.93. The van der Waals surface area contributed by atoms with E-state index in [1.54, 1.807) is 6.20 Å². The molecule has 0 spiro atoms.